The molecular weight excluding hydrogens is 375 g/mol. The van der Waals surface area contributed by atoms with Crippen molar-refractivity contribution in [1.29, 1.82) is 0 Å². The van der Waals surface area contributed by atoms with E-state index < -0.39 is 29.7 Å². The van der Waals surface area contributed by atoms with Gasteiger partial charge in [-0.3, -0.25) is 4.79 Å². The highest BCUT2D eigenvalue weighted by Gasteiger charge is 2.53. The van der Waals surface area contributed by atoms with Crippen LogP contribution < -0.4 is 15.7 Å². The summed E-state index contributed by atoms with van der Waals surface area (Å²) in [5.41, 5.74) is 0.695. The molecule has 1 aromatic rings. The minimum absolute atomic E-state index is 0.0814. The van der Waals surface area contributed by atoms with E-state index in [0.717, 1.165) is 36.7 Å². The van der Waals surface area contributed by atoms with Gasteiger partial charge in [-0.1, -0.05) is 13.3 Å². The number of aromatic nitrogens is 1. The van der Waals surface area contributed by atoms with Crippen LogP contribution in [0.5, 0.6) is 0 Å². The predicted molar refractivity (Wildman–Crippen MR) is 114 cm³/mol. The smallest absolute Gasteiger partial charge is 0.496 e. The molecule has 6 nitrogen and oxygen atoms in total. The van der Waals surface area contributed by atoms with Crippen LogP contribution in [0, 0.1) is 5.92 Å². The third-order valence-corrected chi connectivity index (χ3v) is 7.35. The number of hydrogen-bond donors (Lipinski definition) is 1. The first-order valence-electron chi connectivity index (χ1n) is 10.3. The number of unbranched alkanes of at least 4 members (excludes halogenated alkanes) is 1. The number of rotatable bonds is 8. The van der Waals surface area contributed by atoms with Gasteiger partial charge in [0.1, 0.15) is 5.75 Å². The fourth-order valence-electron chi connectivity index (χ4n) is 3.42. The van der Waals surface area contributed by atoms with Gasteiger partial charge in [-0.05, 0) is 58.4 Å². The Morgan fingerprint density at radius 1 is 1.32 bits per heavy atom. The van der Waals surface area contributed by atoms with Gasteiger partial charge in [0.15, 0.2) is 0 Å². The number of hydrogen-bond acceptors (Lipinski definition) is 5. The summed E-state index contributed by atoms with van der Waals surface area (Å²) in [6.07, 6.45) is 5.87. The lowest BCUT2D eigenvalue weighted by atomic mass is 9.75. The average Bonchev–Trinajstić information content (AvgIpc) is 3.40. The Labute approximate surface area is 171 Å². The predicted octanol–water partition coefficient (Wildman–Crippen LogP) is 2.19. The Balaban J connectivity index is 1.95. The monoisotopic (exact) mass is 408 g/mol. The zero-order valence-electron chi connectivity index (χ0n) is 17.9. The number of pyridine rings is 1. The summed E-state index contributed by atoms with van der Waals surface area (Å²) >= 11 is -1.12. The summed E-state index contributed by atoms with van der Waals surface area (Å²) in [5.74, 6) is 1.01. The number of nitrogens with one attached hydrogen (secondary N) is 1. The van der Waals surface area contributed by atoms with Crippen LogP contribution >= 0.6 is 0 Å². The molecule has 2 fully saturated rings. The van der Waals surface area contributed by atoms with Crippen molar-refractivity contribution in [2.24, 2.45) is 13.0 Å². The van der Waals surface area contributed by atoms with E-state index in [0.29, 0.717) is 11.7 Å². The van der Waals surface area contributed by atoms with Gasteiger partial charge in [-0.25, -0.2) is 0 Å². The highest BCUT2D eigenvalue weighted by molar-refractivity contribution is 7.89. The van der Waals surface area contributed by atoms with Crippen LogP contribution in [0.25, 0.3) is 0 Å². The Kier molecular flexibility index (Phi) is 6.37. The second-order valence-corrected chi connectivity index (χ2v) is 10.4. The lowest BCUT2D eigenvalue weighted by Crippen LogP contribution is -2.44. The molecule has 0 spiro atoms. The van der Waals surface area contributed by atoms with Gasteiger partial charge in [0, 0.05) is 36.1 Å². The van der Waals surface area contributed by atoms with E-state index in [1.165, 1.54) is 0 Å². The van der Waals surface area contributed by atoms with E-state index in [2.05, 4.69) is 11.6 Å². The first-order valence-corrected chi connectivity index (χ1v) is 11.6. The maximum atomic E-state index is 12.6. The molecule has 1 unspecified atom stereocenters. The summed E-state index contributed by atoms with van der Waals surface area (Å²) in [5, 5.41) is 0. The number of aryl methyl sites for hydroxylation is 1. The van der Waals surface area contributed by atoms with Crippen molar-refractivity contribution < 1.29 is 13.9 Å². The van der Waals surface area contributed by atoms with Gasteiger partial charge in [-0.2, -0.15) is 0 Å². The lowest BCUT2D eigenvalue weighted by molar-refractivity contribution is 0.00578. The van der Waals surface area contributed by atoms with Gasteiger partial charge in [0.05, 0.1) is 17.2 Å². The standard InChI is InChI=1S/C20H33BN2O4S/c1-7-8-11-28(25)22-18(14-9-10-14)15-12-17(24)23(6)13-16(15)21-26-19(2,3)20(4,5)27-21/h12-14,18,22H,7-11H2,1-6H3/t18?,28-/m0/s1. The highest BCUT2D eigenvalue weighted by atomic mass is 32.2. The van der Waals surface area contributed by atoms with Gasteiger partial charge in [-0.15, -0.1) is 4.72 Å². The maximum Gasteiger partial charge on any atom is 0.496 e. The molecule has 1 aromatic heterocycles. The van der Waals surface area contributed by atoms with Crippen LogP contribution in [-0.4, -0.2) is 33.2 Å². The molecule has 3 rings (SSSR count). The fraction of sp³-hybridized carbons (Fsp3) is 0.750. The van der Waals surface area contributed by atoms with E-state index >= 15 is 0 Å². The van der Waals surface area contributed by atoms with E-state index in [1.54, 1.807) is 17.7 Å². The molecular formula is C20H33BN2O4S. The number of nitrogens with zero attached hydrogens (tertiary/aromatic N) is 1. The van der Waals surface area contributed by atoms with Crippen molar-refractivity contribution in [2.75, 3.05) is 5.75 Å². The molecule has 2 aliphatic rings. The highest BCUT2D eigenvalue weighted by Crippen LogP contribution is 2.42. The van der Waals surface area contributed by atoms with Crippen LogP contribution in [0.3, 0.4) is 0 Å². The molecule has 1 saturated carbocycles. The largest absolute Gasteiger partial charge is 0.598 e. The quantitative estimate of drug-likeness (QED) is 0.527. The zero-order chi connectivity index (χ0) is 20.7. The van der Waals surface area contributed by atoms with Crippen LogP contribution in [0.2, 0.25) is 0 Å². The van der Waals surface area contributed by atoms with E-state index in [9.17, 15) is 9.35 Å². The second kappa shape index (κ2) is 8.15. The topological polar surface area (TPSA) is 75.5 Å². The van der Waals surface area contributed by atoms with Crippen molar-refractivity contribution in [3.05, 3.63) is 28.2 Å². The minimum atomic E-state index is -1.12. The van der Waals surface area contributed by atoms with Gasteiger partial charge < -0.3 is 18.4 Å². The lowest BCUT2D eigenvalue weighted by Gasteiger charge is -2.32. The van der Waals surface area contributed by atoms with E-state index in [-0.39, 0.29) is 11.6 Å². The Morgan fingerprint density at radius 2 is 1.93 bits per heavy atom. The Bertz CT molecular complexity index is 747. The van der Waals surface area contributed by atoms with Gasteiger partial charge >= 0.3 is 7.12 Å². The maximum absolute atomic E-state index is 12.6. The second-order valence-electron chi connectivity index (χ2n) is 9.06. The third kappa shape index (κ3) is 4.51. The van der Waals surface area contributed by atoms with Crippen LogP contribution in [-0.2, 0) is 27.7 Å². The van der Waals surface area contributed by atoms with Crippen LogP contribution in [0.4, 0.5) is 0 Å². The summed E-state index contributed by atoms with van der Waals surface area (Å²) in [7, 11) is 1.18. The molecule has 1 aliphatic heterocycles. The molecule has 0 amide bonds. The third-order valence-electron chi connectivity index (χ3n) is 6.17. The molecule has 156 valence electrons. The van der Waals surface area contributed by atoms with Gasteiger partial charge in [0.25, 0.3) is 5.56 Å². The molecule has 2 heterocycles. The molecule has 8 heteroatoms. The molecule has 1 aliphatic carbocycles. The minimum Gasteiger partial charge on any atom is -0.598 e. The van der Waals surface area contributed by atoms with Crippen molar-refractivity contribution in [3.8, 4) is 0 Å². The van der Waals surface area contributed by atoms with E-state index in [1.807, 2.05) is 33.9 Å². The van der Waals surface area contributed by atoms with Crippen LogP contribution in [0.1, 0.15) is 71.9 Å². The summed E-state index contributed by atoms with van der Waals surface area (Å²) < 4.78 is 29.9. The molecule has 0 bridgehead atoms. The Morgan fingerprint density at radius 3 is 2.46 bits per heavy atom. The van der Waals surface area contributed by atoms with Crippen molar-refractivity contribution in [1.82, 2.24) is 9.29 Å². The molecule has 0 aromatic carbocycles. The summed E-state index contributed by atoms with van der Waals surface area (Å²) in [6, 6.07) is 1.54. The van der Waals surface area contributed by atoms with E-state index in [4.69, 9.17) is 9.31 Å². The van der Waals surface area contributed by atoms with Crippen molar-refractivity contribution in [3.63, 3.8) is 0 Å². The van der Waals surface area contributed by atoms with Crippen molar-refractivity contribution >= 4 is 23.9 Å². The average molecular weight is 408 g/mol. The normalized spacial score (nSPS) is 23.0. The van der Waals surface area contributed by atoms with Gasteiger partial charge in [0.2, 0.25) is 0 Å². The molecule has 1 saturated heterocycles. The summed E-state index contributed by atoms with van der Waals surface area (Å²) in [4.78, 5) is 12.4. The Hall–Kier alpha value is -0.795. The molecule has 2 atom stereocenters. The first-order chi connectivity index (χ1) is 13.1. The van der Waals surface area contributed by atoms with Crippen molar-refractivity contribution in [2.45, 2.75) is 77.5 Å². The SMILES string of the molecule is CCCC[S@+]([O-])NC(c1cc(=O)n(C)cc1B1OC(C)(C)C(C)(C)O1)C1CC1. The molecule has 1 N–H and O–H groups in total. The molecule has 28 heavy (non-hydrogen) atoms. The first kappa shape index (κ1) is 21.9. The van der Waals surface area contributed by atoms with Crippen LogP contribution in [0.15, 0.2) is 17.1 Å². The molecule has 0 radical (unpaired) electrons. The fourth-order valence-corrected chi connectivity index (χ4v) is 4.69. The summed E-state index contributed by atoms with van der Waals surface area (Å²) in [6.45, 7) is 10.2. The zero-order valence-corrected chi connectivity index (χ0v) is 18.7.